The largest absolute Gasteiger partial charge is 0.459 e. The van der Waals surface area contributed by atoms with E-state index in [2.05, 4.69) is 20.6 Å². The number of furan rings is 1. The van der Waals surface area contributed by atoms with Crippen LogP contribution in [0.3, 0.4) is 0 Å². The lowest BCUT2D eigenvalue weighted by atomic mass is 9.96. The molecule has 0 aliphatic heterocycles. The van der Waals surface area contributed by atoms with Crippen molar-refractivity contribution in [1.82, 2.24) is 25.5 Å². The van der Waals surface area contributed by atoms with Gasteiger partial charge < -0.3 is 23.7 Å². The Kier molecular flexibility index (Phi) is 4.42. The summed E-state index contributed by atoms with van der Waals surface area (Å²) in [6.45, 7) is 0.554. The molecule has 0 unspecified atom stereocenters. The standard InChI is InChI=1S/C17H19N5O4/c1-22(10-12-11-5-2-3-6-13(11)25-20-12)17(23)18-9-15-19-16(26-21-15)14-7-4-8-24-14/h4,7-8H,2-3,5-6,9-10H2,1H3,(H,18,23). The summed E-state index contributed by atoms with van der Waals surface area (Å²) in [5.74, 6) is 2.10. The van der Waals surface area contributed by atoms with Gasteiger partial charge in [0.2, 0.25) is 0 Å². The van der Waals surface area contributed by atoms with E-state index in [-0.39, 0.29) is 18.5 Å². The number of carbonyl (C=O) groups excluding carboxylic acids is 1. The van der Waals surface area contributed by atoms with Gasteiger partial charge in [0.05, 0.1) is 19.4 Å². The van der Waals surface area contributed by atoms with E-state index in [0.29, 0.717) is 18.1 Å². The van der Waals surface area contributed by atoms with Crippen molar-refractivity contribution < 1.29 is 18.3 Å². The molecule has 9 nitrogen and oxygen atoms in total. The van der Waals surface area contributed by atoms with E-state index in [9.17, 15) is 4.79 Å². The smallest absolute Gasteiger partial charge is 0.317 e. The van der Waals surface area contributed by atoms with Crippen LogP contribution in [0.5, 0.6) is 0 Å². The molecule has 0 radical (unpaired) electrons. The Morgan fingerprint density at radius 3 is 3.00 bits per heavy atom. The summed E-state index contributed by atoms with van der Waals surface area (Å²) in [5.41, 5.74) is 1.98. The number of amides is 2. The maximum atomic E-state index is 12.3. The minimum Gasteiger partial charge on any atom is -0.459 e. The molecule has 1 aliphatic carbocycles. The molecule has 0 atom stereocenters. The monoisotopic (exact) mass is 357 g/mol. The minimum atomic E-state index is -0.248. The highest BCUT2D eigenvalue weighted by molar-refractivity contribution is 5.73. The second-order valence-electron chi connectivity index (χ2n) is 6.25. The molecule has 0 bridgehead atoms. The van der Waals surface area contributed by atoms with Crippen molar-refractivity contribution in [3.05, 3.63) is 41.2 Å². The first kappa shape index (κ1) is 16.4. The number of carbonyl (C=O) groups is 1. The van der Waals surface area contributed by atoms with Gasteiger partial charge in [-0.1, -0.05) is 10.3 Å². The van der Waals surface area contributed by atoms with E-state index in [1.54, 1.807) is 24.1 Å². The van der Waals surface area contributed by atoms with Crippen molar-refractivity contribution in [2.75, 3.05) is 7.05 Å². The van der Waals surface area contributed by atoms with Gasteiger partial charge in [-0.3, -0.25) is 0 Å². The molecular formula is C17H19N5O4. The second-order valence-corrected chi connectivity index (χ2v) is 6.25. The highest BCUT2D eigenvalue weighted by Gasteiger charge is 2.21. The summed E-state index contributed by atoms with van der Waals surface area (Å²) >= 11 is 0. The van der Waals surface area contributed by atoms with Gasteiger partial charge >= 0.3 is 6.03 Å². The molecule has 3 aromatic rings. The molecule has 0 fully saturated rings. The molecule has 1 aliphatic rings. The lowest BCUT2D eigenvalue weighted by Crippen LogP contribution is -2.36. The van der Waals surface area contributed by atoms with E-state index in [4.69, 9.17) is 13.5 Å². The number of nitrogens with one attached hydrogen (secondary N) is 1. The number of fused-ring (bicyclic) bond motifs is 1. The fraction of sp³-hybridized carbons (Fsp3) is 0.412. The third-order valence-electron chi connectivity index (χ3n) is 4.36. The predicted octanol–water partition coefficient (Wildman–Crippen LogP) is 2.54. The third-order valence-corrected chi connectivity index (χ3v) is 4.36. The second kappa shape index (κ2) is 7.03. The van der Waals surface area contributed by atoms with Gasteiger partial charge in [-0.25, -0.2) is 4.79 Å². The van der Waals surface area contributed by atoms with E-state index in [0.717, 1.165) is 42.7 Å². The van der Waals surface area contributed by atoms with Crippen LogP contribution in [0, 0.1) is 0 Å². The van der Waals surface area contributed by atoms with E-state index < -0.39 is 0 Å². The van der Waals surface area contributed by atoms with E-state index >= 15 is 0 Å². The van der Waals surface area contributed by atoms with Crippen LogP contribution in [0.2, 0.25) is 0 Å². The number of hydrogen-bond donors (Lipinski definition) is 1. The van der Waals surface area contributed by atoms with E-state index in [1.165, 1.54) is 6.26 Å². The van der Waals surface area contributed by atoms with Crippen LogP contribution < -0.4 is 5.32 Å². The van der Waals surface area contributed by atoms with Crippen LogP contribution in [-0.2, 0) is 25.9 Å². The van der Waals surface area contributed by atoms with Crippen LogP contribution in [0.4, 0.5) is 4.79 Å². The summed E-state index contributed by atoms with van der Waals surface area (Å²) in [6.07, 6.45) is 5.67. The van der Waals surface area contributed by atoms with Gasteiger partial charge in [0.25, 0.3) is 5.89 Å². The summed E-state index contributed by atoms with van der Waals surface area (Å²) in [6, 6.07) is 3.21. The van der Waals surface area contributed by atoms with Crippen molar-refractivity contribution in [2.24, 2.45) is 0 Å². The zero-order valence-electron chi connectivity index (χ0n) is 14.4. The van der Waals surface area contributed by atoms with Crippen LogP contribution in [0.15, 0.2) is 31.9 Å². The molecule has 26 heavy (non-hydrogen) atoms. The molecule has 0 spiro atoms. The molecule has 0 saturated carbocycles. The highest BCUT2D eigenvalue weighted by Crippen LogP contribution is 2.24. The predicted molar refractivity (Wildman–Crippen MR) is 88.8 cm³/mol. The molecule has 3 heterocycles. The van der Waals surface area contributed by atoms with E-state index in [1.807, 2.05) is 0 Å². The Bertz CT molecular complexity index is 883. The average molecular weight is 357 g/mol. The van der Waals surface area contributed by atoms with Crippen LogP contribution in [0.1, 0.15) is 35.7 Å². The molecule has 0 aromatic carbocycles. The third kappa shape index (κ3) is 3.32. The molecular weight excluding hydrogens is 338 g/mol. The Hall–Kier alpha value is -3.10. The Labute approximate surface area is 149 Å². The lowest BCUT2D eigenvalue weighted by Gasteiger charge is -2.17. The molecule has 4 rings (SSSR count). The molecule has 3 aromatic heterocycles. The summed E-state index contributed by atoms with van der Waals surface area (Å²) in [5, 5.41) is 10.7. The van der Waals surface area contributed by atoms with Crippen LogP contribution in [0.25, 0.3) is 11.7 Å². The number of nitrogens with zero attached hydrogens (tertiary/aromatic N) is 4. The Morgan fingerprint density at radius 1 is 1.27 bits per heavy atom. The minimum absolute atomic E-state index is 0.157. The normalized spacial score (nSPS) is 13.4. The average Bonchev–Trinajstić information content (AvgIpc) is 3.40. The Balaban J connectivity index is 1.32. The number of hydrogen-bond acceptors (Lipinski definition) is 7. The van der Waals surface area contributed by atoms with Gasteiger partial charge in [0.1, 0.15) is 11.5 Å². The van der Waals surface area contributed by atoms with Gasteiger partial charge in [-0.15, -0.1) is 0 Å². The maximum Gasteiger partial charge on any atom is 0.317 e. The Morgan fingerprint density at radius 2 is 2.15 bits per heavy atom. The first-order valence-corrected chi connectivity index (χ1v) is 8.52. The zero-order chi connectivity index (χ0) is 17.9. The fourth-order valence-electron chi connectivity index (χ4n) is 2.99. The molecule has 2 amide bonds. The summed E-state index contributed by atoms with van der Waals surface area (Å²) < 4.78 is 15.7. The number of rotatable bonds is 5. The maximum absolute atomic E-state index is 12.3. The topological polar surface area (TPSA) is 110 Å². The summed E-state index contributed by atoms with van der Waals surface area (Å²) in [4.78, 5) is 18.0. The molecule has 1 N–H and O–H groups in total. The van der Waals surface area contributed by atoms with Gasteiger partial charge in [-0.2, -0.15) is 4.98 Å². The fourth-order valence-corrected chi connectivity index (χ4v) is 2.99. The first-order valence-electron chi connectivity index (χ1n) is 8.52. The molecule has 9 heteroatoms. The zero-order valence-corrected chi connectivity index (χ0v) is 14.4. The first-order chi connectivity index (χ1) is 12.7. The number of aromatic nitrogens is 3. The van der Waals surface area contributed by atoms with Crippen molar-refractivity contribution in [1.29, 1.82) is 0 Å². The van der Waals surface area contributed by atoms with Crippen molar-refractivity contribution in [3.63, 3.8) is 0 Å². The summed E-state index contributed by atoms with van der Waals surface area (Å²) in [7, 11) is 1.71. The van der Waals surface area contributed by atoms with Crippen molar-refractivity contribution in [2.45, 2.75) is 38.8 Å². The van der Waals surface area contributed by atoms with Gasteiger partial charge in [0, 0.05) is 19.0 Å². The molecule has 0 saturated heterocycles. The van der Waals surface area contributed by atoms with Crippen LogP contribution in [-0.4, -0.2) is 33.3 Å². The lowest BCUT2D eigenvalue weighted by molar-refractivity contribution is 0.204. The highest BCUT2D eigenvalue weighted by atomic mass is 16.5. The quantitative estimate of drug-likeness (QED) is 0.747. The SMILES string of the molecule is CN(Cc1noc2c1CCCC2)C(=O)NCc1noc(-c2ccco2)n1. The number of urea groups is 1. The van der Waals surface area contributed by atoms with Crippen LogP contribution >= 0.6 is 0 Å². The van der Waals surface area contributed by atoms with Gasteiger partial charge in [0.15, 0.2) is 11.6 Å². The van der Waals surface area contributed by atoms with Gasteiger partial charge in [-0.05, 0) is 31.4 Å². The number of aryl methyl sites for hydroxylation is 1. The molecule has 136 valence electrons. The van der Waals surface area contributed by atoms with Crippen molar-refractivity contribution in [3.8, 4) is 11.7 Å². The van der Waals surface area contributed by atoms with Crippen molar-refractivity contribution >= 4 is 6.03 Å².